The maximum atomic E-state index is 12.9. The smallest absolute Gasteiger partial charge is 0.360 e. The van der Waals surface area contributed by atoms with Crippen molar-refractivity contribution in [3.05, 3.63) is 47.0 Å². The zero-order valence-electron chi connectivity index (χ0n) is 11.4. The lowest BCUT2D eigenvalue weighted by Crippen LogP contribution is -2.39. The van der Waals surface area contributed by atoms with E-state index in [9.17, 15) is 19.1 Å². The molecule has 0 fully saturated rings. The van der Waals surface area contributed by atoms with Crippen LogP contribution in [0, 0.1) is 5.82 Å². The van der Waals surface area contributed by atoms with Crippen LogP contribution in [0.3, 0.4) is 0 Å². The SMILES string of the molecule is O=C(O)c1nn2c(c1O)C(=O)N(Cc1ccc(F)cc1)CC2. The van der Waals surface area contributed by atoms with E-state index >= 15 is 0 Å². The summed E-state index contributed by atoms with van der Waals surface area (Å²) in [5, 5.41) is 22.5. The molecule has 0 saturated heterocycles. The van der Waals surface area contributed by atoms with Crippen LogP contribution in [0.4, 0.5) is 4.39 Å². The maximum Gasteiger partial charge on any atom is 0.360 e. The highest BCUT2D eigenvalue weighted by atomic mass is 19.1. The number of halogens is 1. The van der Waals surface area contributed by atoms with Gasteiger partial charge in [0.25, 0.3) is 5.91 Å². The van der Waals surface area contributed by atoms with Gasteiger partial charge < -0.3 is 15.1 Å². The van der Waals surface area contributed by atoms with Crippen molar-refractivity contribution < 1.29 is 24.2 Å². The maximum absolute atomic E-state index is 12.9. The Morgan fingerprint density at radius 2 is 1.95 bits per heavy atom. The van der Waals surface area contributed by atoms with E-state index in [2.05, 4.69) is 5.10 Å². The highest BCUT2D eigenvalue weighted by Gasteiger charge is 2.33. The molecule has 0 spiro atoms. The highest BCUT2D eigenvalue weighted by Crippen LogP contribution is 2.27. The van der Waals surface area contributed by atoms with Gasteiger partial charge in [-0.3, -0.25) is 9.48 Å². The summed E-state index contributed by atoms with van der Waals surface area (Å²) in [5.41, 5.74) is 0.0680. The molecule has 7 nitrogen and oxygen atoms in total. The Hall–Kier alpha value is -2.90. The fourth-order valence-electron chi connectivity index (χ4n) is 2.40. The van der Waals surface area contributed by atoms with Crippen LogP contribution in [0.2, 0.25) is 0 Å². The molecule has 8 heteroatoms. The van der Waals surface area contributed by atoms with Crippen molar-refractivity contribution in [1.29, 1.82) is 0 Å². The average Bonchev–Trinajstić information content (AvgIpc) is 2.82. The van der Waals surface area contributed by atoms with Gasteiger partial charge in [-0.2, -0.15) is 5.10 Å². The molecule has 0 atom stereocenters. The van der Waals surface area contributed by atoms with Crippen molar-refractivity contribution in [1.82, 2.24) is 14.7 Å². The van der Waals surface area contributed by atoms with Gasteiger partial charge in [0.05, 0.1) is 6.54 Å². The molecule has 1 aromatic carbocycles. The van der Waals surface area contributed by atoms with Crippen molar-refractivity contribution in [2.24, 2.45) is 0 Å². The molecule has 1 aromatic heterocycles. The topological polar surface area (TPSA) is 95.7 Å². The first kappa shape index (κ1) is 14.1. The first-order valence-electron chi connectivity index (χ1n) is 6.54. The summed E-state index contributed by atoms with van der Waals surface area (Å²) in [6, 6.07) is 5.73. The Labute approximate surface area is 124 Å². The first-order valence-corrected chi connectivity index (χ1v) is 6.54. The predicted molar refractivity (Wildman–Crippen MR) is 72.0 cm³/mol. The van der Waals surface area contributed by atoms with Gasteiger partial charge in [-0.25, -0.2) is 9.18 Å². The lowest BCUT2D eigenvalue weighted by molar-refractivity contribution is 0.0670. The summed E-state index contributed by atoms with van der Waals surface area (Å²) >= 11 is 0. The zero-order valence-corrected chi connectivity index (χ0v) is 11.4. The third kappa shape index (κ3) is 2.28. The summed E-state index contributed by atoms with van der Waals surface area (Å²) in [7, 11) is 0. The van der Waals surface area contributed by atoms with E-state index in [1.807, 2.05) is 0 Å². The first-order chi connectivity index (χ1) is 10.5. The van der Waals surface area contributed by atoms with Crippen LogP contribution in [-0.2, 0) is 13.1 Å². The molecule has 1 aliphatic heterocycles. The van der Waals surface area contributed by atoms with E-state index in [0.29, 0.717) is 6.54 Å². The van der Waals surface area contributed by atoms with Crippen molar-refractivity contribution in [3.63, 3.8) is 0 Å². The second-order valence-corrected chi connectivity index (χ2v) is 4.93. The Bertz CT molecular complexity index is 754. The Kier molecular flexibility index (Phi) is 3.28. The van der Waals surface area contributed by atoms with Crippen LogP contribution in [0.15, 0.2) is 24.3 Å². The molecule has 1 amide bonds. The van der Waals surface area contributed by atoms with Gasteiger partial charge in [0.1, 0.15) is 5.82 Å². The second-order valence-electron chi connectivity index (χ2n) is 4.93. The summed E-state index contributed by atoms with van der Waals surface area (Å²) in [6.45, 7) is 0.846. The summed E-state index contributed by atoms with van der Waals surface area (Å²) < 4.78 is 14.1. The van der Waals surface area contributed by atoms with Gasteiger partial charge in [0.15, 0.2) is 11.4 Å². The largest absolute Gasteiger partial charge is 0.503 e. The molecule has 0 unspecified atom stereocenters. The number of carbonyl (C=O) groups is 2. The number of rotatable bonds is 3. The van der Waals surface area contributed by atoms with Gasteiger partial charge in [-0.1, -0.05) is 12.1 Å². The number of aromatic hydroxyl groups is 1. The van der Waals surface area contributed by atoms with Crippen LogP contribution < -0.4 is 0 Å². The predicted octanol–water partition coefficient (Wildman–Crippen LogP) is 1.08. The number of hydrogen-bond acceptors (Lipinski definition) is 4. The summed E-state index contributed by atoms with van der Waals surface area (Å²) in [6.07, 6.45) is 0. The number of benzene rings is 1. The molecule has 2 N–H and O–H groups in total. The second kappa shape index (κ2) is 5.14. The van der Waals surface area contributed by atoms with E-state index < -0.39 is 23.3 Å². The molecule has 0 aliphatic carbocycles. The normalized spacial score (nSPS) is 14.0. The fourth-order valence-corrected chi connectivity index (χ4v) is 2.40. The highest BCUT2D eigenvalue weighted by molar-refractivity contribution is 6.00. The molecule has 0 bridgehead atoms. The number of aromatic carboxylic acids is 1. The van der Waals surface area contributed by atoms with Crippen LogP contribution in [0.25, 0.3) is 0 Å². The molecule has 0 saturated carbocycles. The zero-order chi connectivity index (χ0) is 15.9. The number of nitrogens with zero attached hydrogens (tertiary/aromatic N) is 3. The van der Waals surface area contributed by atoms with Crippen molar-refractivity contribution in [2.75, 3.05) is 6.54 Å². The van der Waals surface area contributed by atoms with E-state index in [-0.39, 0.29) is 24.6 Å². The van der Waals surface area contributed by atoms with E-state index in [4.69, 9.17) is 5.11 Å². The minimum atomic E-state index is -1.39. The van der Waals surface area contributed by atoms with Crippen molar-refractivity contribution >= 4 is 11.9 Å². The number of fused-ring (bicyclic) bond motifs is 1. The van der Waals surface area contributed by atoms with E-state index in [1.54, 1.807) is 12.1 Å². The van der Waals surface area contributed by atoms with Crippen molar-refractivity contribution in [3.8, 4) is 5.75 Å². The third-order valence-corrected chi connectivity index (χ3v) is 3.49. The number of hydrogen-bond donors (Lipinski definition) is 2. The monoisotopic (exact) mass is 305 g/mol. The van der Waals surface area contributed by atoms with Crippen molar-refractivity contribution in [2.45, 2.75) is 13.1 Å². The molecular weight excluding hydrogens is 293 g/mol. The van der Waals surface area contributed by atoms with Crippen LogP contribution >= 0.6 is 0 Å². The molecule has 3 rings (SSSR count). The van der Waals surface area contributed by atoms with Gasteiger partial charge in [0, 0.05) is 13.1 Å². The molecule has 0 radical (unpaired) electrons. The molecule has 114 valence electrons. The quantitative estimate of drug-likeness (QED) is 0.884. The van der Waals surface area contributed by atoms with Gasteiger partial charge in [-0.05, 0) is 17.7 Å². The van der Waals surface area contributed by atoms with Gasteiger partial charge >= 0.3 is 5.97 Å². The minimum Gasteiger partial charge on any atom is -0.503 e. The Balaban J connectivity index is 1.88. The minimum absolute atomic E-state index is 0.134. The van der Waals surface area contributed by atoms with E-state index in [0.717, 1.165) is 5.56 Å². The van der Waals surface area contributed by atoms with Crippen LogP contribution in [0.1, 0.15) is 26.5 Å². The molecular formula is C14H12FN3O4. The average molecular weight is 305 g/mol. The van der Waals surface area contributed by atoms with Crippen LogP contribution in [-0.4, -0.2) is 43.3 Å². The number of aromatic nitrogens is 2. The lowest BCUT2D eigenvalue weighted by atomic mass is 10.1. The number of carbonyl (C=O) groups excluding carboxylic acids is 1. The number of carboxylic acids is 1. The summed E-state index contributed by atoms with van der Waals surface area (Å²) in [4.78, 5) is 24.8. The van der Waals surface area contributed by atoms with Crippen LogP contribution in [0.5, 0.6) is 5.75 Å². The molecule has 22 heavy (non-hydrogen) atoms. The lowest BCUT2D eigenvalue weighted by Gasteiger charge is -2.27. The third-order valence-electron chi connectivity index (χ3n) is 3.49. The molecule has 2 heterocycles. The summed E-state index contributed by atoms with van der Waals surface area (Å²) in [5.74, 6) is -2.89. The Morgan fingerprint density at radius 1 is 1.27 bits per heavy atom. The molecule has 2 aromatic rings. The number of amides is 1. The standard InChI is InChI=1S/C14H12FN3O4/c15-9-3-1-8(2-4-9)7-17-5-6-18-11(13(17)20)12(19)10(16-18)14(21)22/h1-4,19H,5-7H2,(H,21,22). The fraction of sp³-hybridized carbons (Fsp3) is 0.214. The Morgan fingerprint density at radius 3 is 2.59 bits per heavy atom. The van der Waals surface area contributed by atoms with Gasteiger partial charge in [0.2, 0.25) is 5.69 Å². The van der Waals surface area contributed by atoms with Gasteiger partial charge in [-0.15, -0.1) is 0 Å². The van der Waals surface area contributed by atoms with E-state index in [1.165, 1.54) is 21.7 Å². The number of carboxylic acid groups (broad SMARTS) is 1. The molecule has 1 aliphatic rings.